The van der Waals surface area contributed by atoms with Gasteiger partial charge in [0.1, 0.15) is 6.73 Å². The van der Waals surface area contributed by atoms with Gasteiger partial charge in [-0.1, -0.05) is 50.0 Å². The fraction of sp³-hybridized carbons (Fsp3) is 0.214. The lowest BCUT2D eigenvalue weighted by Crippen LogP contribution is -2.22. The van der Waals surface area contributed by atoms with Gasteiger partial charge in [-0.05, 0) is 48.5 Å². The van der Waals surface area contributed by atoms with Crippen LogP contribution in [0.4, 0.5) is 0 Å². The maximum Gasteiger partial charge on any atom is 0.336 e. The molecule has 7 nitrogen and oxygen atoms in total. The summed E-state index contributed by atoms with van der Waals surface area (Å²) in [6.07, 6.45) is 5.51. The van der Waals surface area contributed by atoms with Crippen LogP contribution in [0.2, 0.25) is 25.7 Å². The smallest absolute Gasteiger partial charge is 0.336 e. The van der Waals surface area contributed by atoms with Crippen LogP contribution in [-0.4, -0.2) is 46.3 Å². The highest BCUT2D eigenvalue weighted by Crippen LogP contribution is 2.25. The Hall–Kier alpha value is -3.88. The van der Waals surface area contributed by atoms with Gasteiger partial charge in [0, 0.05) is 37.4 Å². The molecular formula is C28H29N3O4Si. The van der Waals surface area contributed by atoms with E-state index >= 15 is 0 Å². The topological polar surface area (TPSA) is 94.3 Å². The minimum absolute atomic E-state index is 0.0234. The normalized spacial score (nSPS) is 11.9. The third-order valence-corrected chi connectivity index (χ3v) is 7.46. The highest BCUT2D eigenvalue weighted by molar-refractivity contribution is 6.76. The van der Waals surface area contributed by atoms with Crippen molar-refractivity contribution in [3.63, 3.8) is 0 Å². The van der Waals surface area contributed by atoms with Crippen LogP contribution < -0.4 is 0 Å². The second-order valence-corrected chi connectivity index (χ2v) is 15.4. The number of carbonyl (C=O) groups excluding carboxylic acids is 1. The monoisotopic (exact) mass is 499 g/mol. The molecule has 1 N–H and O–H groups in total. The first-order valence-corrected chi connectivity index (χ1v) is 15.5. The summed E-state index contributed by atoms with van der Waals surface area (Å²) in [6, 6.07) is 18.3. The minimum atomic E-state index is -1.24. The van der Waals surface area contributed by atoms with Gasteiger partial charge < -0.3 is 9.84 Å². The number of rotatable bonds is 10. The number of carboxylic acids is 1. The molecule has 0 saturated heterocycles. The fourth-order valence-corrected chi connectivity index (χ4v) is 4.51. The van der Waals surface area contributed by atoms with Crippen molar-refractivity contribution < 1.29 is 19.4 Å². The molecule has 0 radical (unpaired) electrons. The van der Waals surface area contributed by atoms with Crippen LogP contribution in [0.5, 0.6) is 0 Å². The van der Waals surface area contributed by atoms with Crippen LogP contribution in [-0.2, 0) is 11.5 Å². The number of carbonyl (C=O) groups is 2. The fourth-order valence-electron chi connectivity index (χ4n) is 3.75. The zero-order valence-electron chi connectivity index (χ0n) is 20.6. The Balaban J connectivity index is 1.70. The van der Waals surface area contributed by atoms with Crippen molar-refractivity contribution in [3.05, 3.63) is 94.9 Å². The summed E-state index contributed by atoms with van der Waals surface area (Å²) < 4.78 is 7.70. The molecule has 8 heteroatoms. The number of ether oxygens (including phenoxy) is 1. The van der Waals surface area contributed by atoms with E-state index in [9.17, 15) is 14.7 Å². The number of carboxylic acid groups (broad SMARTS) is 1. The van der Waals surface area contributed by atoms with Crippen molar-refractivity contribution in [2.24, 2.45) is 0 Å². The van der Waals surface area contributed by atoms with Crippen LogP contribution in [0.1, 0.15) is 37.7 Å². The average molecular weight is 500 g/mol. The summed E-state index contributed by atoms with van der Waals surface area (Å²) in [6.45, 7) is 7.79. The van der Waals surface area contributed by atoms with E-state index in [1.807, 2.05) is 36.4 Å². The second-order valence-electron chi connectivity index (χ2n) is 9.73. The predicted molar refractivity (Wildman–Crippen MR) is 144 cm³/mol. The molecule has 0 aliphatic heterocycles. The Kier molecular flexibility index (Phi) is 7.57. The molecule has 0 bridgehead atoms. The zero-order valence-corrected chi connectivity index (χ0v) is 21.6. The first kappa shape index (κ1) is 25.2. The third kappa shape index (κ3) is 6.02. The summed E-state index contributed by atoms with van der Waals surface area (Å²) in [5, 5.41) is 15.1. The number of ketones is 1. The van der Waals surface area contributed by atoms with Gasteiger partial charge in [-0.2, -0.15) is 5.10 Å². The van der Waals surface area contributed by atoms with Crippen molar-refractivity contribution in [1.29, 1.82) is 0 Å². The SMILES string of the molecule is C[Si](C)(C)CCOCn1nc(C=Cc2ccccn2)c2ccc(C(=O)c3ccccc3C(=O)O)cc21. The van der Waals surface area contributed by atoms with Crippen LogP contribution in [0.3, 0.4) is 0 Å². The predicted octanol–water partition coefficient (Wildman–Crippen LogP) is 5.84. The molecule has 184 valence electrons. The molecule has 36 heavy (non-hydrogen) atoms. The molecule has 2 heterocycles. The lowest BCUT2D eigenvalue weighted by Gasteiger charge is -2.15. The molecule has 0 atom stereocenters. The Morgan fingerprint density at radius 3 is 2.44 bits per heavy atom. The number of nitrogens with zero attached hydrogens (tertiary/aromatic N) is 3. The molecule has 2 aromatic carbocycles. The van der Waals surface area contributed by atoms with E-state index in [1.165, 1.54) is 12.1 Å². The summed E-state index contributed by atoms with van der Waals surface area (Å²) in [7, 11) is -1.24. The highest BCUT2D eigenvalue weighted by atomic mass is 28.3. The van der Waals surface area contributed by atoms with Crippen LogP contribution in [0, 0.1) is 0 Å². The maximum atomic E-state index is 13.3. The molecule has 0 spiro atoms. The van der Waals surface area contributed by atoms with E-state index in [1.54, 1.807) is 35.1 Å². The summed E-state index contributed by atoms with van der Waals surface area (Å²) in [5.74, 6) is -1.49. The van der Waals surface area contributed by atoms with E-state index < -0.39 is 14.0 Å². The van der Waals surface area contributed by atoms with Gasteiger partial charge >= 0.3 is 5.97 Å². The number of fused-ring (bicyclic) bond motifs is 1. The summed E-state index contributed by atoms with van der Waals surface area (Å²) >= 11 is 0. The average Bonchev–Trinajstić information content (AvgIpc) is 3.21. The summed E-state index contributed by atoms with van der Waals surface area (Å²) in [4.78, 5) is 29.2. The summed E-state index contributed by atoms with van der Waals surface area (Å²) in [5.41, 5.74) is 2.79. The first-order chi connectivity index (χ1) is 17.2. The van der Waals surface area contributed by atoms with Crippen molar-refractivity contribution in [1.82, 2.24) is 14.8 Å². The van der Waals surface area contributed by atoms with Crippen molar-refractivity contribution >= 4 is 42.9 Å². The van der Waals surface area contributed by atoms with E-state index in [4.69, 9.17) is 9.84 Å². The number of hydrogen-bond donors (Lipinski definition) is 1. The van der Waals surface area contributed by atoms with Crippen molar-refractivity contribution in [3.8, 4) is 0 Å². The third-order valence-electron chi connectivity index (χ3n) is 5.75. The molecule has 4 aromatic rings. The lowest BCUT2D eigenvalue weighted by atomic mass is 9.97. The van der Waals surface area contributed by atoms with Gasteiger partial charge in [0.2, 0.25) is 0 Å². The number of pyridine rings is 1. The van der Waals surface area contributed by atoms with E-state index in [0.29, 0.717) is 12.2 Å². The molecule has 2 aromatic heterocycles. The van der Waals surface area contributed by atoms with Crippen molar-refractivity contribution in [2.75, 3.05) is 6.61 Å². The van der Waals surface area contributed by atoms with Gasteiger partial charge in [0.25, 0.3) is 0 Å². The number of aromatic carboxylic acids is 1. The molecule has 0 amide bonds. The van der Waals surface area contributed by atoms with Crippen LogP contribution in [0.25, 0.3) is 23.1 Å². The lowest BCUT2D eigenvalue weighted by molar-refractivity contribution is 0.0692. The van der Waals surface area contributed by atoms with Crippen LogP contribution in [0.15, 0.2) is 66.9 Å². The Bertz CT molecular complexity index is 1420. The molecule has 4 rings (SSSR count). The number of aromatic nitrogens is 3. The van der Waals surface area contributed by atoms with E-state index in [0.717, 1.165) is 28.3 Å². The Morgan fingerprint density at radius 1 is 1.00 bits per heavy atom. The maximum absolute atomic E-state index is 13.3. The largest absolute Gasteiger partial charge is 0.478 e. The van der Waals surface area contributed by atoms with Gasteiger partial charge in [-0.15, -0.1) is 0 Å². The molecule has 0 aliphatic rings. The van der Waals surface area contributed by atoms with E-state index in [2.05, 4.69) is 24.6 Å². The molecular weight excluding hydrogens is 470 g/mol. The molecule has 0 aliphatic carbocycles. The van der Waals surface area contributed by atoms with Crippen LogP contribution >= 0.6 is 0 Å². The standard InChI is InChI=1S/C28H29N3O4Si/c1-36(2,3)17-16-35-19-31-26-18-20(27(32)22-9-4-5-10-23(22)28(33)34)11-13-24(26)25(30-31)14-12-21-8-6-7-15-29-21/h4-15,18H,16-17,19H2,1-3H3,(H,33,34). The Labute approximate surface area is 211 Å². The zero-order chi connectivity index (χ0) is 25.7. The molecule has 0 unspecified atom stereocenters. The number of benzene rings is 2. The number of hydrogen-bond acceptors (Lipinski definition) is 5. The minimum Gasteiger partial charge on any atom is -0.478 e. The molecule has 0 fully saturated rings. The Morgan fingerprint density at radius 2 is 1.75 bits per heavy atom. The first-order valence-electron chi connectivity index (χ1n) is 11.8. The quantitative estimate of drug-likeness (QED) is 0.167. The molecule has 0 saturated carbocycles. The second kappa shape index (κ2) is 10.8. The van der Waals surface area contributed by atoms with E-state index in [-0.39, 0.29) is 23.6 Å². The van der Waals surface area contributed by atoms with Gasteiger partial charge in [-0.3, -0.25) is 9.78 Å². The highest BCUT2D eigenvalue weighted by Gasteiger charge is 2.19. The van der Waals surface area contributed by atoms with Gasteiger partial charge in [0.15, 0.2) is 5.78 Å². The van der Waals surface area contributed by atoms with Gasteiger partial charge in [-0.25, -0.2) is 9.48 Å². The van der Waals surface area contributed by atoms with Gasteiger partial charge in [0.05, 0.1) is 22.5 Å². The van der Waals surface area contributed by atoms with Crippen molar-refractivity contribution in [2.45, 2.75) is 32.4 Å².